The number of amides is 2. The maximum atomic E-state index is 13.1. The van der Waals surface area contributed by atoms with E-state index in [2.05, 4.69) is 15.9 Å². The third-order valence-corrected chi connectivity index (χ3v) is 7.68. The molecule has 4 aromatic carbocycles. The second kappa shape index (κ2) is 10.7. The van der Waals surface area contributed by atoms with E-state index >= 15 is 0 Å². The Balaban J connectivity index is 1.43. The molecular weight excluding hydrogens is 597 g/mol. The minimum absolute atomic E-state index is 0.0133. The quantitative estimate of drug-likeness (QED) is 0.129. The molecule has 0 aliphatic carbocycles. The highest BCUT2D eigenvalue weighted by atomic mass is 79.9. The number of carbonyl (C=O) groups excluding carboxylic acids is 3. The van der Waals surface area contributed by atoms with E-state index in [1.807, 2.05) is 30.3 Å². The van der Waals surface area contributed by atoms with Crippen molar-refractivity contribution < 1.29 is 19.1 Å². The molecule has 184 valence electrons. The molecule has 37 heavy (non-hydrogen) atoms. The topological polar surface area (TPSA) is 63.7 Å². The summed E-state index contributed by atoms with van der Waals surface area (Å²) >= 11 is 16.4. The summed E-state index contributed by atoms with van der Waals surface area (Å²) in [5.41, 5.74) is 1.49. The van der Waals surface area contributed by atoms with Crippen LogP contribution in [0.2, 0.25) is 10.0 Å². The Morgan fingerprint density at radius 1 is 0.973 bits per heavy atom. The predicted molar refractivity (Wildman–Crippen MR) is 151 cm³/mol. The molecule has 1 saturated heterocycles. The zero-order valence-corrected chi connectivity index (χ0v) is 22.8. The number of hydrogen-bond acceptors (Lipinski definition) is 5. The smallest absolute Gasteiger partial charge is 0.344 e. The first-order valence-electron chi connectivity index (χ1n) is 11.0. The van der Waals surface area contributed by atoms with E-state index in [0.29, 0.717) is 26.7 Å². The molecule has 0 unspecified atom stereocenters. The number of hydrogen-bond donors (Lipinski definition) is 0. The standard InChI is InChI=1S/C28H16BrCl2NO4S/c29-19-9-11-24(36-27(34)22-7-3-5-16-4-1-2-6-21(16)22)18(12-19)13-25-26(33)32(28(35)37-25)15-17-8-10-20(30)14-23(17)31/h1-14H,15H2/b25-13-. The number of esters is 1. The van der Waals surface area contributed by atoms with Crippen LogP contribution in [0.3, 0.4) is 0 Å². The Kier molecular flexibility index (Phi) is 7.40. The summed E-state index contributed by atoms with van der Waals surface area (Å²) < 4.78 is 6.48. The van der Waals surface area contributed by atoms with Gasteiger partial charge in [0.05, 0.1) is 17.0 Å². The Morgan fingerprint density at radius 2 is 1.76 bits per heavy atom. The van der Waals surface area contributed by atoms with Crippen LogP contribution >= 0.6 is 50.9 Å². The number of ether oxygens (including phenoxy) is 1. The van der Waals surface area contributed by atoms with Gasteiger partial charge in [0, 0.05) is 20.1 Å². The second-order valence-corrected chi connectivity index (χ2v) is 10.9. The lowest BCUT2D eigenvalue weighted by Gasteiger charge is -2.14. The predicted octanol–water partition coefficient (Wildman–Crippen LogP) is 8.36. The fraction of sp³-hybridized carbons (Fsp3) is 0.0357. The van der Waals surface area contributed by atoms with Gasteiger partial charge in [-0.3, -0.25) is 14.5 Å². The van der Waals surface area contributed by atoms with Crippen molar-refractivity contribution in [1.82, 2.24) is 4.90 Å². The fourth-order valence-electron chi connectivity index (χ4n) is 3.88. The van der Waals surface area contributed by atoms with Gasteiger partial charge in [-0.1, -0.05) is 81.6 Å². The van der Waals surface area contributed by atoms with E-state index < -0.39 is 17.1 Å². The van der Waals surface area contributed by atoms with Crippen LogP contribution in [0.1, 0.15) is 21.5 Å². The highest BCUT2D eigenvalue weighted by molar-refractivity contribution is 9.10. The summed E-state index contributed by atoms with van der Waals surface area (Å²) in [6, 6.07) is 22.9. The molecule has 0 aromatic heterocycles. The zero-order valence-electron chi connectivity index (χ0n) is 18.9. The lowest BCUT2D eigenvalue weighted by molar-refractivity contribution is -0.123. The molecule has 1 fully saturated rings. The molecule has 5 nitrogen and oxygen atoms in total. The minimum atomic E-state index is -0.528. The lowest BCUT2D eigenvalue weighted by atomic mass is 10.0. The van der Waals surface area contributed by atoms with Gasteiger partial charge in [-0.15, -0.1) is 0 Å². The molecule has 1 heterocycles. The van der Waals surface area contributed by atoms with E-state index in [9.17, 15) is 14.4 Å². The largest absolute Gasteiger partial charge is 0.422 e. The summed E-state index contributed by atoms with van der Waals surface area (Å²) in [6.45, 7) is 0.0133. The average Bonchev–Trinajstić information content (AvgIpc) is 3.14. The fourth-order valence-corrected chi connectivity index (χ4v) is 5.56. The molecule has 0 bridgehead atoms. The number of halogens is 3. The van der Waals surface area contributed by atoms with Crippen molar-refractivity contribution in [2.75, 3.05) is 0 Å². The number of rotatable bonds is 5. The molecule has 0 radical (unpaired) electrons. The van der Waals surface area contributed by atoms with Crippen LogP contribution in [0, 0.1) is 0 Å². The van der Waals surface area contributed by atoms with Gasteiger partial charge in [-0.05, 0) is 70.6 Å². The summed E-state index contributed by atoms with van der Waals surface area (Å²) in [6.07, 6.45) is 1.55. The SMILES string of the molecule is O=C(Oc1ccc(Br)cc1/C=C1\SC(=O)N(Cc2ccc(Cl)cc2Cl)C1=O)c1cccc2ccccc12. The van der Waals surface area contributed by atoms with Gasteiger partial charge < -0.3 is 4.74 Å². The van der Waals surface area contributed by atoms with E-state index in [-0.39, 0.29) is 17.2 Å². The van der Waals surface area contributed by atoms with Crippen LogP contribution in [0.4, 0.5) is 4.79 Å². The van der Waals surface area contributed by atoms with E-state index in [1.54, 1.807) is 54.6 Å². The number of benzene rings is 4. The van der Waals surface area contributed by atoms with Gasteiger partial charge in [-0.25, -0.2) is 4.79 Å². The first kappa shape index (κ1) is 25.5. The van der Waals surface area contributed by atoms with Crippen LogP contribution < -0.4 is 4.74 Å². The van der Waals surface area contributed by atoms with Crippen molar-refractivity contribution in [2.24, 2.45) is 0 Å². The zero-order chi connectivity index (χ0) is 26.1. The van der Waals surface area contributed by atoms with Gasteiger partial charge in [0.1, 0.15) is 5.75 Å². The summed E-state index contributed by atoms with van der Waals surface area (Å²) in [7, 11) is 0. The third-order valence-electron chi connectivity index (χ3n) is 5.69. The van der Waals surface area contributed by atoms with Crippen LogP contribution in [-0.4, -0.2) is 22.0 Å². The highest BCUT2D eigenvalue weighted by Crippen LogP contribution is 2.37. The Bertz CT molecular complexity index is 1620. The lowest BCUT2D eigenvalue weighted by Crippen LogP contribution is -2.27. The summed E-state index contributed by atoms with van der Waals surface area (Å²) in [5.74, 6) is -0.736. The Morgan fingerprint density at radius 3 is 2.57 bits per heavy atom. The van der Waals surface area contributed by atoms with E-state index in [0.717, 1.165) is 31.9 Å². The first-order chi connectivity index (χ1) is 17.8. The number of thioether (sulfide) groups is 1. The summed E-state index contributed by atoms with van der Waals surface area (Å²) in [5, 5.41) is 2.10. The van der Waals surface area contributed by atoms with E-state index in [4.69, 9.17) is 27.9 Å². The van der Waals surface area contributed by atoms with Crippen molar-refractivity contribution in [2.45, 2.75) is 6.54 Å². The van der Waals surface area contributed by atoms with Crippen molar-refractivity contribution in [3.05, 3.63) is 115 Å². The summed E-state index contributed by atoms with van der Waals surface area (Å²) in [4.78, 5) is 40.2. The molecule has 1 aliphatic heterocycles. The molecule has 9 heteroatoms. The first-order valence-corrected chi connectivity index (χ1v) is 13.4. The van der Waals surface area contributed by atoms with Gasteiger partial charge in [0.2, 0.25) is 0 Å². The number of carbonyl (C=O) groups is 3. The molecule has 5 rings (SSSR count). The average molecular weight is 613 g/mol. The molecule has 0 atom stereocenters. The third kappa shape index (κ3) is 5.45. The molecule has 0 saturated carbocycles. The second-order valence-electron chi connectivity index (χ2n) is 8.10. The minimum Gasteiger partial charge on any atom is -0.422 e. The molecule has 0 spiro atoms. The van der Waals surface area contributed by atoms with Crippen LogP contribution in [0.25, 0.3) is 16.8 Å². The molecule has 1 aliphatic rings. The van der Waals surface area contributed by atoms with Crippen molar-refractivity contribution in [1.29, 1.82) is 0 Å². The van der Waals surface area contributed by atoms with Crippen molar-refractivity contribution in [3.8, 4) is 5.75 Å². The van der Waals surface area contributed by atoms with Crippen LogP contribution in [0.5, 0.6) is 5.75 Å². The molecule has 2 amide bonds. The normalized spacial score (nSPS) is 14.6. The van der Waals surface area contributed by atoms with Gasteiger partial charge >= 0.3 is 5.97 Å². The van der Waals surface area contributed by atoms with Gasteiger partial charge in [0.25, 0.3) is 11.1 Å². The monoisotopic (exact) mass is 611 g/mol. The maximum Gasteiger partial charge on any atom is 0.344 e. The Labute approximate surface area is 235 Å². The van der Waals surface area contributed by atoms with Crippen LogP contribution in [0.15, 0.2) is 88.2 Å². The maximum absolute atomic E-state index is 13.1. The number of nitrogens with zero attached hydrogens (tertiary/aromatic N) is 1. The highest BCUT2D eigenvalue weighted by Gasteiger charge is 2.35. The Hall–Kier alpha value is -3.10. The molecule has 0 N–H and O–H groups in total. The van der Waals surface area contributed by atoms with Crippen molar-refractivity contribution >= 4 is 84.9 Å². The van der Waals surface area contributed by atoms with Crippen molar-refractivity contribution in [3.63, 3.8) is 0 Å². The number of fused-ring (bicyclic) bond motifs is 1. The number of imide groups is 1. The molecule has 4 aromatic rings. The van der Waals surface area contributed by atoms with Gasteiger partial charge in [0.15, 0.2) is 0 Å². The van der Waals surface area contributed by atoms with Gasteiger partial charge in [-0.2, -0.15) is 0 Å². The molecular formula is C28H16BrCl2NO4S. The van der Waals surface area contributed by atoms with Crippen LogP contribution in [-0.2, 0) is 11.3 Å². The van der Waals surface area contributed by atoms with E-state index in [1.165, 1.54) is 0 Å².